The summed E-state index contributed by atoms with van der Waals surface area (Å²) in [5.41, 5.74) is 2.97. The van der Waals surface area contributed by atoms with Crippen LogP contribution in [0.15, 0.2) is 77.7 Å². The fourth-order valence-corrected chi connectivity index (χ4v) is 3.83. The zero-order chi connectivity index (χ0) is 22.4. The molecular weight excluding hydrogens is 411 g/mol. The molecule has 0 aliphatic rings. The highest BCUT2D eigenvalue weighted by molar-refractivity contribution is 8.00. The molecule has 160 valence electrons. The van der Waals surface area contributed by atoms with Gasteiger partial charge < -0.3 is 10.6 Å². The molecule has 0 spiro atoms. The lowest BCUT2D eigenvalue weighted by Crippen LogP contribution is -2.22. The van der Waals surface area contributed by atoms with E-state index in [1.165, 1.54) is 41.6 Å². The van der Waals surface area contributed by atoms with Crippen molar-refractivity contribution in [1.82, 2.24) is 0 Å². The minimum absolute atomic E-state index is 0.0944. The summed E-state index contributed by atoms with van der Waals surface area (Å²) in [7, 11) is 0. The quantitative estimate of drug-likeness (QED) is 0.426. The normalized spacial score (nSPS) is 11.8. The Hall–Kier alpha value is -3.12. The Morgan fingerprint density at radius 2 is 1.52 bits per heavy atom. The van der Waals surface area contributed by atoms with Crippen molar-refractivity contribution in [2.24, 2.45) is 0 Å². The van der Waals surface area contributed by atoms with Crippen LogP contribution in [0.1, 0.15) is 42.6 Å². The summed E-state index contributed by atoms with van der Waals surface area (Å²) < 4.78 is 13.0. The third kappa shape index (κ3) is 6.43. The maximum Gasteiger partial charge on any atom is 0.255 e. The van der Waals surface area contributed by atoms with Gasteiger partial charge in [0.2, 0.25) is 5.91 Å². The van der Waals surface area contributed by atoms with Gasteiger partial charge in [-0.15, -0.1) is 11.8 Å². The second-order valence-electron chi connectivity index (χ2n) is 7.51. The van der Waals surface area contributed by atoms with Crippen molar-refractivity contribution < 1.29 is 14.0 Å². The zero-order valence-electron chi connectivity index (χ0n) is 17.7. The van der Waals surface area contributed by atoms with E-state index in [0.717, 1.165) is 10.6 Å². The largest absolute Gasteiger partial charge is 0.325 e. The molecule has 0 bridgehead atoms. The van der Waals surface area contributed by atoms with E-state index in [1.54, 1.807) is 6.07 Å². The topological polar surface area (TPSA) is 58.2 Å². The number of carbonyl (C=O) groups excluding carboxylic acids is 2. The molecule has 3 aromatic rings. The van der Waals surface area contributed by atoms with Crippen LogP contribution in [0, 0.1) is 5.82 Å². The highest BCUT2D eigenvalue weighted by atomic mass is 32.2. The van der Waals surface area contributed by atoms with Gasteiger partial charge in [0.25, 0.3) is 5.91 Å². The molecule has 0 aliphatic carbocycles. The first-order valence-electron chi connectivity index (χ1n) is 10.1. The number of benzene rings is 3. The molecule has 6 heteroatoms. The average molecular weight is 437 g/mol. The van der Waals surface area contributed by atoms with E-state index in [1.807, 2.05) is 49.4 Å². The highest BCUT2D eigenvalue weighted by Crippen LogP contribution is 2.27. The first-order chi connectivity index (χ1) is 14.8. The Morgan fingerprint density at radius 3 is 2.16 bits per heavy atom. The molecule has 3 rings (SSSR count). The number of rotatable bonds is 7. The van der Waals surface area contributed by atoms with Crippen LogP contribution < -0.4 is 10.6 Å². The summed E-state index contributed by atoms with van der Waals surface area (Å²) >= 11 is 1.41. The highest BCUT2D eigenvalue weighted by Gasteiger charge is 2.15. The van der Waals surface area contributed by atoms with E-state index in [2.05, 4.69) is 24.5 Å². The van der Waals surface area contributed by atoms with Crippen LogP contribution in [0.3, 0.4) is 0 Å². The fourth-order valence-electron chi connectivity index (χ4n) is 2.90. The van der Waals surface area contributed by atoms with E-state index >= 15 is 0 Å². The van der Waals surface area contributed by atoms with E-state index in [0.29, 0.717) is 17.2 Å². The lowest BCUT2D eigenvalue weighted by Gasteiger charge is -2.14. The molecule has 0 aromatic heterocycles. The van der Waals surface area contributed by atoms with Crippen molar-refractivity contribution in [2.45, 2.75) is 36.8 Å². The molecule has 31 heavy (non-hydrogen) atoms. The molecule has 2 N–H and O–H groups in total. The van der Waals surface area contributed by atoms with Gasteiger partial charge in [0, 0.05) is 21.8 Å². The second kappa shape index (κ2) is 10.3. The van der Waals surface area contributed by atoms with E-state index in [4.69, 9.17) is 0 Å². The molecular formula is C25H25FN2O2S. The second-order valence-corrected chi connectivity index (χ2v) is 8.93. The standard InChI is InChI=1S/C25H25FN2O2S/c1-16(2)18-9-13-21(14-10-18)27-24(29)17(3)31-23-6-4-5-22(15-23)28-25(30)19-7-11-20(26)12-8-19/h4-17H,1-3H3,(H,27,29)(H,28,30). The predicted molar refractivity (Wildman–Crippen MR) is 125 cm³/mol. The predicted octanol–water partition coefficient (Wildman–Crippen LogP) is 6.32. The van der Waals surface area contributed by atoms with Crippen molar-refractivity contribution in [3.63, 3.8) is 0 Å². The Balaban J connectivity index is 1.59. The monoisotopic (exact) mass is 436 g/mol. The van der Waals surface area contributed by atoms with Crippen LogP contribution in [-0.2, 0) is 4.79 Å². The smallest absolute Gasteiger partial charge is 0.255 e. The number of carbonyl (C=O) groups is 2. The number of hydrogen-bond acceptors (Lipinski definition) is 3. The van der Waals surface area contributed by atoms with Crippen LogP contribution in [0.2, 0.25) is 0 Å². The molecule has 1 unspecified atom stereocenters. The van der Waals surface area contributed by atoms with Gasteiger partial charge in [-0.2, -0.15) is 0 Å². The maximum atomic E-state index is 13.0. The maximum absolute atomic E-state index is 13.0. The number of anilines is 2. The Labute approximate surface area is 186 Å². The third-order valence-corrected chi connectivity index (χ3v) is 5.82. The lowest BCUT2D eigenvalue weighted by molar-refractivity contribution is -0.115. The number of nitrogens with one attached hydrogen (secondary N) is 2. The molecule has 4 nitrogen and oxygen atoms in total. The summed E-state index contributed by atoms with van der Waals surface area (Å²) in [4.78, 5) is 25.8. The van der Waals surface area contributed by atoms with Crippen LogP contribution in [0.5, 0.6) is 0 Å². The fraction of sp³-hybridized carbons (Fsp3) is 0.200. The summed E-state index contributed by atoms with van der Waals surface area (Å²) in [5, 5.41) is 5.41. The van der Waals surface area contributed by atoms with Gasteiger partial charge in [0.1, 0.15) is 5.82 Å². The molecule has 0 radical (unpaired) electrons. The van der Waals surface area contributed by atoms with Gasteiger partial charge in [-0.05, 0) is 73.0 Å². The van der Waals surface area contributed by atoms with Crippen molar-refractivity contribution in [2.75, 3.05) is 10.6 Å². The molecule has 1 atom stereocenters. The van der Waals surface area contributed by atoms with Gasteiger partial charge in [-0.25, -0.2) is 4.39 Å². The van der Waals surface area contributed by atoms with Gasteiger partial charge in [0.05, 0.1) is 5.25 Å². The van der Waals surface area contributed by atoms with Gasteiger partial charge in [0.15, 0.2) is 0 Å². The van der Waals surface area contributed by atoms with Crippen molar-refractivity contribution in [1.29, 1.82) is 0 Å². The van der Waals surface area contributed by atoms with Crippen LogP contribution in [0.25, 0.3) is 0 Å². The molecule has 0 saturated carbocycles. The zero-order valence-corrected chi connectivity index (χ0v) is 18.5. The Bertz CT molecular complexity index is 1050. The van der Waals surface area contributed by atoms with Crippen molar-refractivity contribution in [3.05, 3.63) is 89.7 Å². The first kappa shape index (κ1) is 22.6. The van der Waals surface area contributed by atoms with E-state index < -0.39 is 5.82 Å². The third-order valence-electron chi connectivity index (χ3n) is 4.73. The van der Waals surface area contributed by atoms with E-state index in [9.17, 15) is 14.0 Å². The molecule has 0 fully saturated rings. The van der Waals surface area contributed by atoms with Gasteiger partial charge in [-0.1, -0.05) is 32.0 Å². The summed E-state index contributed by atoms with van der Waals surface area (Å²) in [6.07, 6.45) is 0. The van der Waals surface area contributed by atoms with Gasteiger partial charge >= 0.3 is 0 Å². The van der Waals surface area contributed by atoms with Gasteiger partial charge in [-0.3, -0.25) is 9.59 Å². The van der Waals surface area contributed by atoms with Crippen molar-refractivity contribution in [3.8, 4) is 0 Å². The SMILES string of the molecule is CC(Sc1cccc(NC(=O)c2ccc(F)cc2)c1)C(=O)Nc1ccc(C(C)C)cc1. The number of halogens is 1. The number of amides is 2. The summed E-state index contributed by atoms with van der Waals surface area (Å²) in [6.45, 7) is 6.09. The molecule has 0 aliphatic heterocycles. The minimum Gasteiger partial charge on any atom is -0.325 e. The molecule has 2 amide bonds. The average Bonchev–Trinajstić information content (AvgIpc) is 2.74. The van der Waals surface area contributed by atoms with Crippen molar-refractivity contribution >= 4 is 35.0 Å². The summed E-state index contributed by atoms with van der Waals surface area (Å²) in [6, 6.07) is 20.5. The van der Waals surface area contributed by atoms with E-state index in [-0.39, 0.29) is 17.1 Å². The Morgan fingerprint density at radius 1 is 0.839 bits per heavy atom. The first-order valence-corrected chi connectivity index (χ1v) is 10.9. The minimum atomic E-state index is -0.391. The molecule has 0 saturated heterocycles. The van der Waals surface area contributed by atoms with Crippen LogP contribution in [-0.4, -0.2) is 17.1 Å². The summed E-state index contributed by atoms with van der Waals surface area (Å²) in [5.74, 6) is -0.367. The van der Waals surface area contributed by atoms with Crippen LogP contribution in [0.4, 0.5) is 15.8 Å². The molecule has 0 heterocycles. The number of thioether (sulfide) groups is 1. The number of hydrogen-bond donors (Lipinski definition) is 2. The molecule has 3 aromatic carbocycles. The van der Waals surface area contributed by atoms with Crippen LogP contribution >= 0.6 is 11.8 Å². The Kier molecular flexibility index (Phi) is 7.47. The lowest BCUT2D eigenvalue weighted by atomic mass is 10.0.